The third-order valence-corrected chi connectivity index (χ3v) is 3.79. The summed E-state index contributed by atoms with van der Waals surface area (Å²) in [6.45, 7) is -0.0479. The molecule has 0 amide bonds. The number of ether oxygens (including phenoxy) is 2. The minimum Gasteiger partial charge on any atom is -0.406 e. The number of fused-ring (bicyclic) bond motifs is 1. The van der Waals surface area contributed by atoms with Gasteiger partial charge in [-0.3, -0.25) is 9.38 Å². The number of alkyl halides is 6. The van der Waals surface area contributed by atoms with Crippen LogP contribution in [0.2, 0.25) is 0 Å². The van der Waals surface area contributed by atoms with Crippen LogP contribution in [0.3, 0.4) is 0 Å². The van der Waals surface area contributed by atoms with E-state index < -0.39 is 22.8 Å². The Morgan fingerprint density at radius 1 is 1.15 bits per heavy atom. The summed E-state index contributed by atoms with van der Waals surface area (Å²) < 4.78 is 74.4. The van der Waals surface area contributed by atoms with Crippen LogP contribution >= 0.6 is 15.9 Å². The number of aromatic nitrogens is 4. The fourth-order valence-corrected chi connectivity index (χ4v) is 2.70. The Kier molecular flexibility index (Phi) is 5.04. The second-order valence-corrected chi connectivity index (χ2v) is 6.32. The molecule has 2 aromatic heterocycles. The van der Waals surface area contributed by atoms with Crippen LogP contribution in [0.25, 0.3) is 16.9 Å². The van der Waals surface area contributed by atoms with Gasteiger partial charge in [-0.15, -0.1) is 23.4 Å². The van der Waals surface area contributed by atoms with Crippen molar-refractivity contribution in [1.82, 2.24) is 19.6 Å². The van der Waals surface area contributed by atoms with Crippen LogP contribution in [0.1, 0.15) is 11.4 Å². The van der Waals surface area contributed by atoms with Crippen molar-refractivity contribution in [1.29, 1.82) is 0 Å². The van der Waals surface area contributed by atoms with E-state index >= 15 is 0 Å². The normalized spacial score (nSPS) is 12.6. The molecule has 0 aliphatic carbocycles. The Bertz CT molecular complexity index is 971. The Labute approximate surface area is 157 Å². The molecule has 144 valence electrons. The molecular weight excluding hydrogens is 443 g/mol. The van der Waals surface area contributed by atoms with Crippen molar-refractivity contribution in [2.75, 3.05) is 7.11 Å². The molecule has 0 fully saturated rings. The standard InChI is InChI=1S/C15H10BrF5N4O2/c1-26-7-8-4-9(27-15(19,20)21)2-3-10(8)11-6-25-12(5-22-11)23-24-13(25)14(16,17)18/h2-6H,7H2,1H3. The lowest BCUT2D eigenvalue weighted by atomic mass is 10.0. The van der Waals surface area contributed by atoms with Crippen molar-refractivity contribution in [2.24, 2.45) is 0 Å². The Balaban J connectivity index is 2.09. The molecule has 0 aliphatic rings. The maximum absolute atomic E-state index is 13.6. The molecule has 0 N–H and O–H groups in total. The minimum absolute atomic E-state index is 0.0479. The summed E-state index contributed by atoms with van der Waals surface area (Å²) in [5.74, 6) is -1.09. The topological polar surface area (TPSA) is 61.5 Å². The van der Waals surface area contributed by atoms with Gasteiger partial charge in [-0.2, -0.15) is 8.78 Å². The molecule has 2 heterocycles. The fraction of sp³-hybridized carbons (Fsp3) is 0.267. The first-order chi connectivity index (χ1) is 12.6. The average Bonchev–Trinajstić information content (AvgIpc) is 2.97. The Morgan fingerprint density at radius 2 is 1.89 bits per heavy atom. The van der Waals surface area contributed by atoms with E-state index in [4.69, 9.17) is 4.74 Å². The fourth-order valence-electron chi connectivity index (χ4n) is 2.43. The molecule has 0 radical (unpaired) electrons. The van der Waals surface area contributed by atoms with Crippen molar-refractivity contribution in [3.05, 3.63) is 42.0 Å². The minimum atomic E-state index is -4.85. The molecule has 3 aromatic rings. The molecule has 27 heavy (non-hydrogen) atoms. The molecule has 1 aromatic carbocycles. The summed E-state index contributed by atoms with van der Waals surface area (Å²) in [4.78, 5) is 0.692. The van der Waals surface area contributed by atoms with E-state index in [0.29, 0.717) is 11.1 Å². The average molecular weight is 453 g/mol. The molecule has 0 saturated carbocycles. The molecular formula is C15H10BrF5N4O2. The van der Waals surface area contributed by atoms with Crippen molar-refractivity contribution in [3.63, 3.8) is 0 Å². The van der Waals surface area contributed by atoms with Gasteiger partial charge in [0.25, 0.3) is 0 Å². The molecule has 0 bridgehead atoms. The second-order valence-electron chi connectivity index (χ2n) is 5.32. The molecule has 12 heteroatoms. The van der Waals surface area contributed by atoms with Gasteiger partial charge in [-0.05, 0) is 39.7 Å². The smallest absolute Gasteiger partial charge is 0.406 e. The summed E-state index contributed by atoms with van der Waals surface area (Å²) in [6.07, 6.45) is -2.36. The van der Waals surface area contributed by atoms with Gasteiger partial charge in [0.2, 0.25) is 5.82 Å². The lowest BCUT2D eigenvalue weighted by molar-refractivity contribution is -0.274. The largest absolute Gasteiger partial charge is 0.573 e. The van der Waals surface area contributed by atoms with Crippen LogP contribution in [0.4, 0.5) is 22.0 Å². The Morgan fingerprint density at radius 3 is 2.52 bits per heavy atom. The van der Waals surface area contributed by atoms with E-state index in [1.807, 2.05) is 0 Å². The van der Waals surface area contributed by atoms with E-state index in [9.17, 15) is 22.0 Å². The van der Waals surface area contributed by atoms with Gasteiger partial charge in [-0.1, -0.05) is 0 Å². The summed E-state index contributed by atoms with van der Waals surface area (Å²) in [6, 6.07) is 3.57. The number of hydrogen-bond acceptors (Lipinski definition) is 5. The first-order valence-corrected chi connectivity index (χ1v) is 8.04. The predicted octanol–water partition coefficient (Wildman–Crippen LogP) is 4.28. The van der Waals surface area contributed by atoms with Crippen LogP contribution < -0.4 is 4.74 Å². The highest BCUT2D eigenvalue weighted by atomic mass is 79.9. The van der Waals surface area contributed by atoms with Gasteiger partial charge in [0.05, 0.1) is 18.5 Å². The number of rotatable bonds is 5. The third kappa shape index (κ3) is 4.33. The van der Waals surface area contributed by atoms with E-state index in [2.05, 4.69) is 35.8 Å². The van der Waals surface area contributed by atoms with Gasteiger partial charge >= 0.3 is 11.2 Å². The van der Waals surface area contributed by atoms with Gasteiger partial charge in [0, 0.05) is 18.9 Å². The number of nitrogens with zero attached hydrogens (tertiary/aromatic N) is 4. The number of methoxy groups -OCH3 is 1. The van der Waals surface area contributed by atoms with Crippen molar-refractivity contribution < 1.29 is 31.4 Å². The van der Waals surface area contributed by atoms with Crippen molar-refractivity contribution in [2.45, 2.75) is 17.8 Å². The van der Waals surface area contributed by atoms with Crippen LogP contribution in [-0.2, 0) is 16.2 Å². The number of benzene rings is 1. The van der Waals surface area contributed by atoms with E-state index in [-0.39, 0.29) is 17.9 Å². The summed E-state index contributed by atoms with van der Waals surface area (Å²) in [5, 5.41) is 7.02. The van der Waals surface area contributed by atoms with Crippen molar-refractivity contribution >= 4 is 21.6 Å². The van der Waals surface area contributed by atoms with Crippen LogP contribution in [0.5, 0.6) is 5.75 Å². The monoisotopic (exact) mass is 452 g/mol. The lowest BCUT2D eigenvalue weighted by Gasteiger charge is -2.14. The van der Waals surface area contributed by atoms with Crippen LogP contribution in [-0.4, -0.2) is 33.1 Å². The maximum atomic E-state index is 13.6. The highest BCUT2D eigenvalue weighted by Gasteiger charge is 2.34. The zero-order chi connectivity index (χ0) is 19.8. The molecule has 0 saturated heterocycles. The first kappa shape index (κ1) is 19.4. The highest BCUT2D eigenvalue weighted by molar-refractivity contribution is 9.09. The molecule has 0 unspecified atom stereocenters. The number of halogens is 6. The predicted molar refractivity (Wildman–Crippen MR) is 86.4 cm³/mol. The number of hydrogen-bond donors (Lipinski definition) is 0. The van der Waals surface area contributed by atoms with Gasteiger partial charge < -0.3 is 9.47 Å². The SMILES string of the molecule is COCc1cc(OC(F)(F)F)ccc1-c1cn2c(C(F)(F)Br)nnc2cn1. The molecule has 0 aliphatic heterocycles. The van der Waals surface area contributed by atoms with Gasteiger partial charge in [0.15, 0.2) is 5.65 Å². The maximum Gasteiger partial charge on any atom is 0.573 e. The van der Waals surface area contributed by atoms with E-state index in [1.54, 1.807) is 0 Å². The Hall–Kier alpha value is -2.34. The van der Waals surface area contributed by atoms with Gasteiger partial charge in [-0.25, -0.2) is 0 Å². The van der Waals surface area contributed by atoms with E-state index in [1.165, 1.54) is 25.6 Å². The first-order valence-electron chi connectivity index (χ1n) is 7.24. The quantitative estimate of drug-likeness (QED) is 0.427. The van der Waals surface area contributed by atoms with E-state index in [0.717, 1.165) is 16.5 Å². The van der Waals surface area contributed by atoms with Gasteiger partial charge in [0.1, 0.15) is 5.75 Å². The highest BCUT2D eigenvalue weighted by Crippen LogP contribution is 2.34. The molecule has 0 spiro atoms. The zero-order valence-electron chi connectivity index (χ0n) is 13.5. The molecule has 3 rings (SSSR count). The second kappa shape index (κ2) is 7.00. The summed E-state index contributed by atoms with van der Waals surface area (Å²) in [5.41, 5.74) is 1.00. The zero-order valence-corrected chi connectivity index (χ0v) is 15.1. The van der Waals surface area contributed by atoms with Crippen molar-refractivity contribution in [3.8, 4) is 17.0 Å². The van der Waals surface area contributed by atoms with Crippen LogP contribution in [0.15, 0.2) is 30.6 Å². The third-order valence-electron chi connectivity index (χ3n) is 3.43. The summed E-state index contributed by atoms with van der Waals surface area (Å²) >= 11 is 2.22. The lowest BCUT2D eigenvalue weighted by Crippen LogP contribution is -2.17. The molecule has 6 nitrogen and oxygen atoms in total. The summed E-state index contributed by atoms with van der Waals surface area (Å²) in [7, 11) is 1.36. The van der Waals surface area contributed by atoms with Crippen LogP contribution in [0, 0.1) is 0 Å². The molecule has 0 atom stereocenters.